The van der Waals surface area contributed by atoms with E-state index in [0.717, 1.165) is 9.75 Å². The SMILES string of the molecule is Cc1cc(C(=O)N(C)CCC(=O)O)c(C)s1. The summed E-state index contributed by atoms with van der Waals surface area (Å²) in [6.45, 7) is 4.09. The Morgan fingerprint density at radius 1 is 1.44 bits per heavy atom. The van der Waals surface area contributed by atoms with Crippen molar-refractivity contribution in [2.24, 2.45) is 0 Å². The monoisotopic (exact) mass is 241 g/mol. The van der Waals surface area contributed by atoms with E-state index in [-0.39, 0.29) is 18.9 Å². The molecule has 0 spiro atoms. The molecule has 0 radical (unpaired) electrons. The van der Waals surface area contributed by atoms with Crippen molar-refractivity contribution in [2.75, 3.05) is 13.6 Å². The van der Waals surface area contributed by atoms with Crippen LogP contribution < -0.4 is 0 Å². The van der Waals surface area contributed by atoms with Gasteiger partial charge in [0.25, 0.3) is 5.91 Å². The molecule has 0 saturated carbocycles. The van der Waals surface area contributed by atoms with Crippen LogP contribution in [0.1, 0.15) is 26.5 Å². The molecule has 1 N–H and O–H groups in total. The van der Waals surface area contributed by atoms with Gasteiger partial charge < -0.3 is 10.0 Å². The fraction of sp³-hybridized carbons (Fsp3) is 0.455. The van der Waals surface area contributed by atoms with Crippen LogP contribution in [0.2, 0.25) is 0 Å². The summed E-state index contributed by atoms with van der Waals surface area (Å²) in [4.78, 5) is 25.8. The molecule has 0 saturated heterocycles. The third-order valence-electron chi connectivity index (χ3n) is 2.28. The summed E-state index contributed by atoms with van der Waals surface area (Å²) in [5.41, 5.74) is 0.676. The van der Waals surface area contributed by atoms with E-state index >= 15 is 0 Å². The van der Waals surface area contributed by atoms with E-state index in [1.54, 1.807) is 18.4 Å². The summed E-state index contributed by atoms with van der Waals surface area (Å²) in [5.74, 6) is -0.999. The average molecular weight is 241 g/mol. The Balaban J connectivity index is 2.70. The standard InChI is InChI=1S/C11H15NO3S/c1-7-6-9(8(2)16-7)11(15)12(3)5-4-10(13)14/h6H,4-5H2,1-3H3,(H,13,14). The zero-order valence-corrected chi connectivity index (χ0v) is 10.4. The second-order valence-electron chi connectivity index (χ2n) is 3.70. The maximum Gasteiger partial charge on any atom is 0.305 e. The normalized spacial score (nSPS) is 10.2. The highest BCUT2D eigenvalue weighted by atomic mass is 32.1. The number of carboxylic acids is 1. The summed E-state index contributed by atoms with van der Waals surface area (Å²) >= 11 is 1.58. The lowest BCUT2D eigenvalue weighted by Crippen LogP contribution is -2.29. The number of aliphatic carboxylic acids is 1. The van der Waals surface area contributed by atoms with Crippen molar-refractivity contribution >= 4 is 23.2 Å². The molecule has 0 aromatic carbocycles. The van der Waals surface area contributed by atoms with Gasteiger partial charge in [-0.3, -0.25) is 9.59 Å². The second-order valence-corrected chi connectivity index (χ2v) is 5.16. The molecule has 1 aromatic rings. The third kappa shape index (κ3) is 3.06. The first-order chi connectivity index (χ1) is 7.41. The molecule has 0 aliphatic heterocycles. The molecule has 0 fully saturated rings. The molecule has 1 aromatic heterocycles. The maximum atomic E-state index is 11.9. The first kappa shape index (κ1) is 12.7. The lowest BCUT2D eigenvalue weighted by molar-refractivity contribution is -0.137. The van der Waals surface area contributed by atoms with Gasteiger partial charge in [-0.05, 0) is 19.9 Å². The topological polar surface area (TPSA) is 57.6 Å². The molecule has 16 heavy (non-hydrogen) atoms. The number of carboxylic acid groups (broad SMARTS) is 1. The van der Waals surface area contributed by atoms with Crippen LogP contribution in [-0.2, 0) is 4.79 Å². The molecule has 0 aliphatic carbocycles. The van der Waals surface area contributed by atoms with Crippen LogP contribution in [-0.4, -0.2) is 35.5 Å². The Labute approximate surface area is 98.5 Å². The molecule has 0 bridgehead atoms. The number of nitrogens with zero attached hydrogens (tertiary/aromatic N) is 1. The number of hydrogen-bond donors (Lipinski definition) is 1. The summed E-state index contributed by atoms with van der Waals surface area (Å²) < 4.78 is 0. The van der Waals surface area contributed by atoms with Gasteiger partial charge in [-0.2, -0.15) is 0 Å². The molecule has 0 unspecified atom stereocenters. The van der Waals surface area contributed by atoms with E-state index < -0.39 is 5.97 Å². The summed E-state index contributed by atoms with van der Waals surface area (Å²) in [6.07, 6.45) is -0.0234. The number of amides is 1. The van der Waals surface area contributed by atoms with Gasteiger partial charge in [0.1, 0.15) is 0 Å². The van der Waals surface area contributed by atoms with E-state index in [2.05, 4.69) is 0 Å². The minimum absolute atomic E-state index is 0.0234. The molecular weight excluding hydrogens is 226 g/mol. The predicted octanol–water partition coefficient (Wildman–Crippen LogP) is 1.91. The molecule has 1 heterocycles. The largest absolute Gasteiger partial charge is 0.481 e. The smallest absolute Gasteiger partial charge is 0.305 e. The minimum Gasteiger partial charge on any atom is -0.481 e. The number of thiophene rings is 1. The highest BCUT2D eigenvalue weighted by molar-refractivity contribution is 7.12. The summed E-state index contributed by atoms with van der Waals surface area (Å²) in [7, 11) is 1.62. The van der Waals surface area contributed by atoms with Crippen LogP contribution in [0.5, 0.6) is 0 Å². The molecule has 0 aliphatic rings. The van der Waals surface area contributed by atoms with Crippen molar-refractivity contribution < 1.29 is 14.7 Å². The van der Waals surface area contributed by atoms with E-state index in [1.807, 2.05) is 19.9 Å². The Bertz CT molecular complexity index is 411. The van der Waals surface area contributed by atoms with E-state index in [1.165, 1.54) is 4.90 Å². The van der Waals surface area contributed by atoms with Crippen LogP contribution >= 0.6 is 11.3 Å². The highest BCUT2D eigenvalue weighted by Gasteiger charge is 2.16. The molecule has 1 rings (SSSR count). The third-order valence-corrected chi connectivity index (χ3v) is 3.25. The van der Waals surface area contributed by atoms with Crippen molar-refractivity contribution in [3.8, 4) is 0 Å². The fourth-order valence-electron chi connectivity index (χ4n) is 1.41. The zero-order valence-electron chi connectivity index (χ0n) is 9.61. The van der Waals surface area contributed by atoms with E-state index in [0.29, 0.717) is 5.56 Å². The highest BCUT2D eigenvalue weighted by Crippen LogP contribution is 2.21. The van der Waals surface area contributed by atoms with E-state index in [4.69, 9.17) is 5.11 Å². The average Bonchev–Trinajstić information content (AvgIpc) is 2.53. The minimum atomic E-state index is -0.891. The van der Waals surface area contributed by atoms with Gasteiger partial charge in [-0.25, -0.2) is 0 Å². The van der Waals surface area contributed by atoms with Crippen molar-refractivity contribution in [3.63, 3.8) is 0 Å². The maximum absolute atomic E-state index is 11.9. The van der Waals surface area contributed by atoms with Gasteiger partial charge in [-0.1, -0.05) is 0 Å². The van der Waals surface area contributed by atoms with Crippen LogP contribution in [0.3, 0.4) is 0 Å². The molecule has 1 amide bonds. The summed E-state index contributed by atoms with van der Waals surface area (Å²) in [6, 6.07) is 1.85. The summed E-state index contributed by atoms with van der Waals surface area (Å²) in [5, 5.41) is 8.54. The number of rotatable bonds is 4. The van der Waals surface area contributed by atoms with Crippen molar-refractivity contribution in [1.29, 1.82) is 0 Å². The quantitative estimate of drug-likeness (QED) is 0.876. The Morgan fingerprint density at radius 3 is 2.50 bits per heavy atom. The van der Waals surface area contributed by atoms with Gasteiger partial charge >= 0.3 is 5.97 Å². The molecule has 0 atom stereocenters. The Hall–Kier alpha value is -1.36. The van der Waals surface area contributed by atoms with Crippen molar-refractivity contribution in [3.05, 3.63) is 21.4 Å². The van der Waals surface area contributed by atoms with Crippen LogP contribution in [0.25, 0.3) is 0 Å². The number of carbonyl (C=O) groups excluding carboxylic acids is 1. The van der Waals surface area contributed by atoms with E-state index in [9.17, 15) is 9.59 Å². The first-order valence-electron chi connectivity index (χ1n) is 4.96. The molecule has 5 heteroatoms. The first-order valence-corrected chi connectivity index (χ1v) is 5.77. The second kappa shape index (κ2) is 5.12. The number of aryl methyl sites for hydroxylation is 2. The van der Waals surface area contributed by atoms with Gasteiger partial charge in [0.05, 0.1) is 12.0 Å². The van der Waals surface area contributed by atoms with Gasteiger partial charge in [-0.15, -0.1) is 11.3 Å². The van der Waals surface area contributed by atoms with Crippen LogP contribution in [0.4, 0.5) is 0 Å². The fourth-order valence-corrected chi connectivity index (χ4v) is 2.33. The van der Waals surface area contributed by atoms with Crippen LogP contribution in [0, 0.1) is 13.8 Å². The molecule has 4 nitrogen and oxygen atoms in total. The Kier molecular flexibility index (Phi) is 4.06. The zero-order chi connectivity index (χ0) is 12.3. The predicted molar refractivity (Wildman–Crippen MR) is 63.0 cm³/mol. The van der Waals surface area contributed by atoms with Gasteiger partial charge in [0.15, 0.2) is 0 Å². The lowest BCUT2D eigenvalue weighted by atomic mass is 10.2. The van der Waals surface area contributed by atoms with Crippen LogP contribution in [0.15, 0.2) is 6.07 Å². The molecular formula is C11H15NO3S. The van der Waals surface area contributed by atoms with Crippen molar-refractivity contribution in [2.45, 2.75) is 20.3 Å². The lowest BCUT2D eigenvalue weighted by Gasteiger charge is -2.15. The van der Waals surface area contributed by atoms with Crippen molar-refractivity contribution in [1.82, 2.24) is 4.90 Å². The Morgan fingerprint density at radius 2 is 2.06 bits per heavy atom. The number of carbonyl (C=O) groups is 2. The van der Waals surface area contributed by atoms with Gasteiger partial charge in [0.2, 0.25) is 0 Å². The molecule has 88 valence electrons. The van der Waals surface area contributed by atoms with Gasteiger partial charge in [0, 0.05) is 23.3 Å². The number of hydrogen-bond acceptors (Lipinski definition) is 3.